The van der Waals surface area contributed by atoms with E-state index in [1.54, 1.807) is 6.92 Å². The van der Waals surface area contributed by atoms with Crippen LogP contribution in [0, 0.1) is 16.0 Å². The van der Waals surface area contributed by atoms with Gasteiger partial charge in [0.05, 0.1) is 18.0 Å². The first kappa shape index (κ1) is 14.8. The highest BCUT2D eigenvalue weighted by Gasteiger charge is 2.27. The van der Waals surface area contributed by atoms with Crippen LogP contribution in [0.2, 0.25) is 0 Å². The molecule has 102 valence electrons. The van der Waals surface area contributed by atoms with E-state index in [1.165, 1.54) is 31.4 Å². The first-order valence-corrected chi connectivity index (χ1v) is 5.77. The van der Waals surface area contributed by atoms with Crippen LogP contribution in [0.4, 0.5) is 5.69 Å². The number of rotatable bonds is 6. The molecule has 0 aliphatic carbocycles. The minimum absolute atomic E-state index is 0.0459. The molecule has 0 aliphatic rings. The molecule has 0 spiro atoms. The molecule has 19 heavy (non-hydrogen) atoms. The summed E-state index contributed by atoms with van der Waals surface area (Å²) < 4.78 is 4.72. The van der Waals surface area contributed by atoms with Crippen molar-refractivity contribution in [3.05, 3.63) is 39.9 Å². The molecule has 0 fully saturated rings. The lowest BCUT2D eigenvalue weighted by atomic mass is 9.85. The molecule has 0 aromatic heterocycles. The summed E-state index contributed by atoms with van der Waals surface area (Å²) >= 11 is 0. The lowest BCUT2D eigenvalue weighted by Crippen LogP contribution is -2.21. The van der Waals surface area contributed by atoms with E-state index in [4.69, 9.17) is 4.74 Å². The van der Waals surface area contributed by atoms with Crippen molar-refractivity contribution in [1.29, 1.82) is 0 Å². The maximum absolute atomic E-state index is 11.8. The standard InChI is InChI=1S/C13H15NO5/c1-9(7-8-15)12(13(16)19-2)10-3-5-11(6-4-10)14(17)18/h3-6,8-9,12H,7H2,1-2H3/t9-,12+/m0/s1. The normalized spacial score (nSPS) is 13.4. The predicted octanol–water partition coefficient (Wildman–Crippen LogP) is 2.08. The number of nitro benzene ring substituents is 1. The number of hydrogen-bond donors (Lipinski definition) is 0. The molecule has 0 heterocycles. The number of carbonyl (C=O) groups excluding carboxylic acids is 2. The second kappa shape index (κ2) is 6.63. The summed E-state index contributed by atoms with van der Waals surface area (Å²) in [6.45, 7) is 1.76. The van der Waals surface area contributed by atoms with Crippen molar-refractivity contribution in [3.8, 4) is 0 Å². The maximum Gasteiger partial charge on any atom is 0.313 e. The van der Waals surface area contributed by atoms with E-state index in [9.17, 15) is 19.7 Å². The maximum atomic E-state index is 11.8. The highest BCUT2D eigenvalue weighted by molar-refractivity contribution is 5.79. The molecule has 0 aliphatic heterocycles. The zero-order chi connectivity index (χ0) is 14.4. The monoisotopic (exact) mass is 265 g/mol. The van der Waals surface area contributed by atoms with Gasteiger partial charge < -0.3 is 9.53 Å². The van der Waals surface area contributed by atoms with Crippen molar-refractivity contribution in [2.75, 3.05) is 7.11 Å². The molecule has 1 aromatic rings. The Bertz CT molecular complexity index is 468. The number of benzene rings is 1. The average Bonchev–Trinajstić information content (AvgIpc) is 2.39. The lowest BCUT2D eigenvalue weighted by Gasteiger charge is -2.20. The molecule has 1 rings (SSSR count). The van der Waals surface area contributed by atoms with Gasteiger partial charge in [-0.1, -0.05) is 19.1 Å². The summed E-state index contributed by atoms with van der Waals surface area (Å²) in [7, 11) is 1.27. The summed E-state index contributed by atoms with van der Waals surface area (Å²) in [5.74, 6) is -1.29. The van der Waals surface area contributed by atoms with Gasteiger partial charge in [0.15, 0.2) is 0 Å². The molecule has 0 unspecified atom stereocenters. The smallest absolute Gasteiger partial charge is 0.313 e. The number of hydrogen-bond acceptors (Lipinski definition) is 5. The van der Waals surface area contributed by atoms with E-state index in [1.807, 2.05) is 0 Å². The molecule has 6 nitrogen and oxygen atoms in total. The van der Waals surface area contributed by atoms with E-state index in [2.05, 4.69) is 0 Å². The third-order valence-corrected chi connectivity index (χ3v) is 2.96. The second-order valence-corrected chi connectivity index (χ2v) is 4.23. The van der Waals surface area contributed by atoms with Crippen LogP contribution in [-0.2, 0) is 14.3 Å². The van der Waals surface area contributed by atoms with Crippen LogP contribution in [0.1, 0.15) is 24.8 Å². The number of non-ortho nitro benzene ring substituents is 1. The van der Waals surface area contributed by atoms with Crippen molar-refractivity contribution in [1.82, 2.24) is 0 Å². The third-order valence-electron chi connectivity index (χ3n) is 2.96. The quantitative estimate of drug-likeness (QED) is 0.340. The number of nitrogens with zero attached hydrogens (tertiary/aromatic N) is 1. The van der Waals surface area contributed by atoms with Crippen molar-refractivity contribution in [2.24, 2.45) is 5.92 Å². The van der Waals surface area contributed by atoms with E-state index >= 15 is 0 Å². The minimum Gasteiger partial charge on any atom is -0.469 e. The van der Waals surface area contributed by atoms with Gasteiger partial charge in [0.1, 0.15) is 6.29 Å². The van der Waals surface area contributed by atoms with Gasteiger partial charge in [-0.25, -0.2) is 0 Å². The van der Waals surface area contributed by atoms with Gasteiger partial charge in [0.2, 0.25) is 0 Å². The molecule has 0 N–H and O–H groups in total. The van der Waals surface area contributed by atoms with Gasteiger partial charge >= 0.3 is 5.97 Å². The fourth-order valence-electron chi connectivity index (χ4n) is 1.92. The number of ether oxygens (including phenoxy) is 1. The largest absolute Gasteiger partial charge is 0.469 e. The second-order valence-electron chi connectivity index (χ2n) is 4.23. The summed E-state index contributed by atoms with van der Waals surface area (Å²) in [5, 5.41) is 10.6. The molecule has 0 saturated carbocycles. The number of aldehydes is 1. The van der Waals surface area contributed by atoms with Gasteiger partial charge in [-0.2, -0.15) is 0 Å². The Kier molecular flexibility index (Phi) is 5.17. The number of methoxy groups -OCH3 is 1. The van der Waals surface area contributed by atoms with Crippen LogP contribution in [0.3, 0.4) is 0 Å². The molecule has 2 atom stereocenters. The summed E-state index contributed by atoms with van der Waals surface area (Å²) in [6.07, 6.45) is 0.961. The Morgan fingerprint density at radius 3 is 2.42 bits per heavy atom. The van der Waals surface area contributed by atoms with Crippen molar-refractivity contribution in [2.45, 2.75) is 19.3 Å². The van der Waals surface area contributed by atoms with Crippen LogP contribution in [0.25, 0.3) is 0 Å². The fraction of sp³-hybridized carbons (Fsp3) is 0.385. The summed E-state index contributed by atoms with van der Waals surface area (Å²) in [4.78, 5) is 32.4. The van der Waals surface area contributed by atoms with Crippen LogP contribution >= 0.6 is 0 Å². The van der Waals surface area contributed by atoms with E-state index in [0.29, 0.717) is 5.56 Å². The van der Waals surface area contributed by atoms with Crippen LogP contribution in [0.5, 0.6) is 0 Å². The highest BCUT2D eigenvalue weighted by Crippen LogP contribution is 2.29. The first-order chi connectivity index (χ1) is 9.01. The molecule has 0 amide bonds. The van der Waals surface area contributed by atoms with Gasteiger partial charge in [0.25, 0.3) is 5.69 Å². The molecule has 0 saturated heterocycles. The highest BCUT2D eigenvalue weighted by atomic mass is 16.6. The summed E-state index contributed by atoms with van der Waals surface area (Å²) in [6, 6.07) is 5.69. The zero-order valence-electron chi connectivity index (χ0n) is 10.7. The van der Waals surface area contributed by atoms with Gasteiger partial charge in [0, 0.05) is 18.6 Å². The Hall–Kier alpha value is -2.24. The fourth-order valence-corrected chi connectivity index (χ4v) is 1.92. The van der Waals surface area contributed by atoms with Gasteiger partial charge in [-0.05, 0) is 11.5 Å². The third kappa shape index (κ3) is 3.61. The van der Waals surface area contributed by atoms with Crippen LogP contribution in [-0.4, -0.2) is 24.3 Å². The molecule has 0 radical (unpaired) electrons. The predicted molar refractivity (Wildman–Crippen MR) is 67.7 cm³/mol. The molecular weight excluding hydrogens is 250 g/mol. The Labute approximate surface area is 110 Å². The number of nitro groups is 1. The summed E-state index contributed by atoms with van der Waals surface area (Å²) in [5.41, 5.74) is 0.558. The Morgan fingerprint density at radius 1 is 1.42 bits per heavy atom. The van der Waals surface area contributed by atoms with Crippen LogP contribution < -0.4 is 0 Å². The molecule has 1 aromatic carbocycles. The molecule has 6 heteroatoms. The van der Waals surface area contributed by atoms with E-state index in [0.717, 1.165) is 6.29 Å². The zero-order valence-corrected chi connectivity index (χ0v) is 10.7. The van der Waals surface area contributed by atoms with Crippen molar-refractivity contribution < 1.29 is 19.2 Å². The number of carbonyl (C=O) groups is 2. The van der Waals surface area contributed by atoms with Crippen LogP contribution in [0.15, 0.2) is 24.3 Å². The lowest BCUT2D eigenvalue weighted by molar-refractivity contribution is -0.384. The Morgan fingerprint density at radius 2 is 2.00 bits per heavy atom. The van der Waals surface area contributed by atoms with Gasteiger partial charge in [-0.15, -0.1) is 0 Å². The first-order valence-electron chi connectivity index (χ1n) is 5.77. The number of esters is 1. The Balaban J connectivity index is 3.06. The molecular formula is C13H15NO5. The van der Waals surface area contributed by atoms with Crippen molar-refractivity contribution in [3.63, 3.8) is 0 Å². The van der Waals surface area contributed by atoms with Crippen molar-refractivity contribution >= 4 is 17.9 Å². The molecule has 0 bridgehead atoms. The van der Waals surface area contributed by atoms with Gasteiger partial charge in [-0.3, -0.25) is 14.9 Å². The topological polar surface area (TPSA) is 86.5 Å². The average molecular weight is 265 g/mol. The van der Waals surface area contributed by atoms with E-state index in [-0.39, 0.29) is 18.0 Å². The van der Waals surface area contributed by atoms with E-state index < -0.39 is 16.8 Å². The SMILES string of the molecule is COC(=O)[C@@H](c1ccc([N+](=O)[O-])cc1)[C@@H](C)CC=O. The minimum atomic E-state index is -0.601.